The molecule has 2 aromatic rings. The van der Waals surface area contributed by atoms with Gasteiger partial charge < -0.3 is 25.0 Å². The minimum atomic E-state index is -1.26. The van der Waals surface area contributed by atoms with Crippen LogP contribution in [0.1, 0.15) is 31.1 Å². The third-order valence-corrected chi connectivity index (χ3v) is 4.14. The minimum Gasteiger partial charge on any atom is -0.482 e. The van der Waals surface area contributed by atoms with Crippen molar-refractivity contribution < 1.29 is 24.2 Å². The van der Waals surface area contributed by atoms with Crippen LogP contribution in [0.4, 0.5) is 4.79 Å². The number of para-hydroxylation sites is 1. The molecule has 0 aliphatic carbocycles. The van der Waals surface area contributed by atoms with Gasteiger partial charge in [0.05, 0.1) is 11.6 Å². The number of hydrogen-bond donors (Lipinski definition) is 3. The van der Waals surface area contributed by atoms with E-state index in [0.717, 1.165) is 0 Å². The van der Waals surface area contributed by atoms with Crippen molar-refractivity contribution in [1.82, 2.24) is 15.2 Å². The van der Waals surface area contributed by atoms with Gasteiger partial charge in [-0.3, -0.25) is 9.59 Å². The van der Waals surface area contributed by atoms with Crippen LogP contribution in [0.5, 0.6) is 5.75 Å². The summed E-state index contributed by atoms with van der Waals surface area (Å²) < 4.78 is 5.64. The molecule has 1 aromatic carbocycles. The Morgan fingerprint density at radius 2 is 1.96 bits per heavy atom. The van der Waals surface area contributed by atoms with Crippen molar-refractivity contribution >= 4 is 28.7 Å². The van der Waals surface area contributed by atoms with Gasteiger partial charge in [-0.1, -0.05) is 12.1 Å². The first kappa shape index (κ1) is 19.3. The molecule has 0 aliphatic rings. The summed E-state index contributed by atoms with van der Waals surface area (Å²) in [6.45, 7) is 6.41. The van der Waals surface area contributed by atoms with E-state index in [1.807, 2.05) is 13.8 Å². The third kappa shape index (κ3) is 4.14. The summed E-state index contributed by atoms with van der Waals surface area (Å²) in [5.74, 6) is -0.00920. The summed E-state index contributed by atoms with van der Waals surface area (Å²) in [6.07, 6.45) is 0.260. The Bertz CT molecular complexity index is 810. The van der Waals surface area contributed by atoms with Crippen molar-refractivity contribution in [2.24, 2.45) is 0 Å². The molecule has 8 heteroatoms. The van der Waals surface area contributed by atoms with Gasteiger partial charge in [0.25, 0.3) is 5.91 Å². The number of carbonyl (C=O) groups is 3. The van der Waals surface area contributed by atoms with E-state index in [1.165, 1.54) is 13.1 Å². The Labute approximate surface area is 151 Å². The molecule has 0 saturated heterocycles. The first-order valence-electron chi connectivity index (χ1n) is 8.43. The number of H-pyrrole nitrogens is 1. The molecular weight excluding hydrogens is 338 g/mol. The molecule has 1 atom stereocenters. The molecule has 0 fully saturated rings. The molecule has 0 aliphatic heterocycles. The molecule has 0 radical (unpaired) electrons. The van der Waals surface area contributed by atoms with E-state index >= 15 is 0 Å². The molecule has 0 spiro atoms. The summed E-state index contributed by atoms with van der Waals surface area (Å²) >= 11 is 0. The number of carbonyl (C=O) groups excluding carboxylic acids is 2. The summed E-state index contributed by atoms with van der Waals surface area (Å²) in [5, 5.41) is 11.5. The average Bonchev–Trinajstić information content (AvgIpc) is 3.04. The van der Waals surface area contributed by atoms with Gasteiger partial charge in [-0.05, 0) is 26.8 Å². The highest BCUT2D eigenvalue weighted by atomic mass is 16.5. The number of ether oxygens (including phenoxy) is 1. The van der Waals surface area contributed by atoms with E-state index in [9.17, 15) is 14.4 Å². The molecule has 0 bridgehead atoms. The SMILES string of the molecule is CCN(CC)C(=O)COc1cccc2c(C(=O)[C@@H](C)NC(=O)O)c[nH]c12. The number of rotatable bonds is 8. The van der Waals surface area contributed by atoms with Crippen molar-refractivity contribution in [2.45, 2.75) is 26.8 Å². The Morgan fingerprint density at radius 3 is 2.58 bits per heavy atom. The Kier molecular flexibility index (Phi) is 6.21. The number of hydrogen-bond acceptors (Lipinski definition) is 4. The zero-order chi connectivity index (χ0) is 19.3. The lowest BCUT2D eigenvalue weighted by Gasteiger charge is -2.18. The van der Waals surface area contributed by atoms with Crippen LogP contribution in [-0.4, -0.2) is 58.5 Å². The lowest BCUT2D eigenvalue weighted by atomic mass is 10.0. The Morgan fingerprint density at radius 1 is 1.27 bits per heavy atom. The van der Waals surface area contributed by atoms with Gasteiger partial charge in [0.2, 0.25) is 0 Å². The zero-order valence-electron chi connectivity index (χ0n) is 15.0. The van der Waals surface area contributed by atoms with Crippen LogP contribution in [-0.2, 0) is 4.79 Å². The Hall–Kier alpha value is -3.03. The quantitative estimate of drug-likeness (QED) is 0.625. The van der Waals surface area contributed by atoms with Crippen LogP contribution in [0.3, 0.4) is 0 Å². The predicted molar refractivity (Wildman–Crippen MR) is 96.7 cm³/mol. The standard InChI is InChI=1S/C18H23N3O5/c1-4-21(5-2)15(22)10-26-14-8-6-7-12-13(9-19-16(12)14)17(23)11(3)20-18(24)25/h6-9,11,19-20H,4-5,10H2,1-3H3,(H,24,25)/t11-/m1/s1. The molecule has 0 unspecified atom stereocenters. The average molecular weight is 361 g/mol. The highest BCUT2D eigenvalue weighted by molar-refractivity contribution is 6.11. The number of carboxylic acid groups (broad SMARTS) is 1. The maximum Gasteiger partial charge on any atom is 0.405 e. The van der Waals surface area contributed by atoms with Gasteiger partial charge in [0.1, 0.15) is 5.75 Å². The van der Waals surface area contributed by atoms with Crippen molar-refractivity contribution in [3.8, 4) is 5.75 Å². The van der Waals surface area contributed by atoms with Crippen molar-refractivity contribution in [3.05, 3.63) is 30.0 Å². The maximum absolute atomic E-state index is 12.5. The van der Waals surface area contributed by atoms with Crippen molar-refractivity contribution in [3.63, 3.8) is 0 Å². The molecule has 140 valence electrons. The van der Waals surface area contributed by atoms with Gasteiger partial charge in [-0.2, -0.15) is 0 Å². The first-order chi connectivity index (χ1) is 12.4. The molecule has 1 aromatic heterocycles. The van der Waals surface area contributed by atoms with E-state index in [1.54, 1.807) is 23.1 Å². The topological polar surface area (TPSA) is 112 Å². The monoisotopic (exact) mass is 361 g/mol. The third-order valence-electron chi connectivity index (χ3n) is 4.14. The number of benzene rings is 1. The fourth-order valence-corrected chi connectivity index (χ4v) is 2.74. The predicted octanol–water partition coefficient (Wildman–Crippen LogP) is 2.25. The van der Waals surface area contributed by atoms with E-state index in [2.05, 4.69) is 10.3 Å². The number of likely N-dealkylation sites (N-methyl/N-ethyl adjacent to an activating group) is 1. The molecule has 0 saturated carbocycles. The number of ketones is 1. The summed E-state index contributed by atoms with van der Waals surface area (Å²) in [7, 11) is 0. The minimum absolute atomic E-state index is 0.0972. The molecule has 3 N–H and O–H groups in total. The van der Waals surface area contributed by atoms with Crippen LogP contribution in [0.25, 0.3) is 10.9 Å². The fourth-order valence-electron chi connectivity index (χ4n) is 2.74. The second-order valence-electron chi connectivity index (χ2n) is 5.77. The molecule has 2 amide bonds. The van der Waals surface area contributed by atoms with Gasteiger partial charge in [0.15, 0.2) is 12.4 Å². The highest BCUT2D eigenvalue weighted by Crippen LogP contribution is 2.28. The molecule has 1 heterocycles. The van der Waals surface area contributed by atoms with Gasteiger partial charge in [0, 0.05) is 30.2 Å². The summed E-state index contributed by atoms with van der Waals surface area (Å²) in [4.78, 5) is 39.9. The molecule has 8 nitrogen and oxygen atoms in total. The number of nitrogens with zero attached hydrogens (tertiary/aromatic N) is 1. The lowest BCUT2D eigenvalue weighted by molar-refractivity contribution is -0.132. The molecule has 26 heavy (non-hydrogen) atoms. The number of amides is 2. The number of aromatic nitrogens is 1. The second kappa shape index (κ2) is 8.37. The van der Waals surface area contributed by atoms with Crippen LogP contribution in [0.2, 0.25) is 0 Å². The van der Waals surface area contributed by atoms with Crippen molar-refractivity contribution in [1.29, 1.82) is 0 Å². The fraction of sp³-hybridized carbons (Fsp3) is 0.389. The summed E-state index contributed by atoms with van der Waals surface area (Å²) in [6, 6.07) is 4.30. The maximum atomic E-state index is 12.5. The normalized spacial score (nSPS) is 11.8. The lowest BCUT2D eigenvalue weighted by Crippen LogP contribution is -2.37. The number of aromatic amines is 1. The zero-order valence-corrected chi connectivity index (χ0v) is 15.0. The number of Topliss-reactive ketones (excluding diaryl/α,β-unsaturated/α-hetero) is 1. The van der Waals surface area contributed by atoms with E-state index in [-0.39, 0.29) is 18.3 Å². The van der Waals surface area contributed by atoms with Crippen LogP contribution < -0.4 is 10.1 Å². The highest BCUT2D eigenvalue weighted by Gasteiger charge is 2.21. The molecular formula is C18H23N3O5. The largest absolute Gasteiger partial charge is 0.482 e. The van der Waals surface area contributed by atoms with Gasteiger partial charge in [-0.25, -0.2) is 4.79 Å². The van der Waals surface area contributed by atoms with Gasteiger partial charge in [-0.15, -0.1) is 0 Å². The Balaban J connectivity index is 2.21. The van der Waals surface area contributed by atoms with E-state index in [0.29, 0.717) is 35.3 Å². The van der Waals surface area contributed by atoms with Crippen LogP contribution >= 0.6 is 0 Å². The van der Waals surface area contributed by atoms with E-state index in [4.69, 9.17) is 9.84 Å². The summed E-state index contributed by atoms with van der Waals surface area (Å²) in [5.41, 5.74) is 0.951. The molecule has 2 rings (SSSR count). The van der Waals surface area contributed by atoms with Gasteiger partial charge >= 0.3 is 6.09 Å². The van der Waals surface area contributed by atoms with E-state index < -0.39 is 12.1 Å². The smallest absolute Gasteiger partial charge is 0.405 e. The second-order valence-corrected chi connectivity index (χ2v) is 5.77. The number of fused-ring (bicyclic) bond motifs is 1. The number of nitrogens with one attached hydrogen (secondary N) is 2. The van der Waals surface area contributed by atoms with Crippen LogP contribution in [0, 0.1) is 0 Å². The first-order valence-corrected chi connectivity index (χ1v) is 8.43. The van der Waals surface area contributed by atoms with Crippen LogP contribution in [0.15, 0.2) is 24.4 Å². The van der Waals surface area contributed by atoms with Crippen molar-refractivity contribution in [2.75, 3.05) is 19.7 Å².